The third-order valence-electron chi connectivity index (χ3n) is 3.97. The van der Waals surface area contributed by atoms with Gasteiger partial charge in [0.05, 0.1) is 5.27 Å². The molecule has 4 rings (SSSR count). The third kappa shape index (κ3) is 4.04. The SMILES string of the molecule is O=C(CCSc1c([O-])on[n+]1-c1ccccc1)Nc1ccc2c(c1)OCCO2. The Morgan fingerprint density at radius 2 is 1.93 bits per heavy atom. The van der Waals surface area contributed by atoms with E-state index in [1.807, 2.05) is 30.3 Å². The van der Waals surface area contributed by atoms with E-state index in [9.17, 15) is 9.90 Å². The van der Waals surface area contributed by atoms with Gasteiger partial charge in [-0.3, -0.25) is 4.79 Å². The number of benzene rings is 2. The molecule has 2 heterocycles. The van der Waals surface area contributed by atoms with Crippen LogP contribution in [0.3, 0.4) is 0 Å². The molecule has 0 saturated carbocycles. The van der Waals surface area contributed by atoms with Gasteiger partial charge in [0, 0.05) is 36.1 Å². The molecule has 0 radical (unpaired) electrons. The Morgan fingerprint density at radius 1 is 1.14 bits per heavy atom. The topological polar surface area (TPSA) is 101 Å². The molecule has 0 atom stereocenters. The number of fused-ring (bicyclic) bond motifs is 1. The number of anilines is 1. The Bertz CT molecular complexity index is 977. The van der Waals surface area contributed by atoms with Crippen LogP contribution in [0, 0.1) is 0 Å². The van der Waals surface area contributed by atoms with Crippen LogP contribution in [0.1, 0.15) is 6.42 Å². The van der Waals surface area contributed by atoms with E-state index in [1.54, 1.807) is 18.2 Å². The number of thioether (sulfide) groups is 1. The molecule has 0 fully saturated rings. The second-order valence-electron chi connectivity index (χ2n) is 5.92. The van der Waals surface area contributed by atoms with E-state index >= 15 is 0 Å². The lowest BCUT2D eigenvalue weighted by Crippen LogP contribution is -2.34. The van der Waals surface area contributed by atoms with Gasteiger partial charge in [-0.05, 0) is 16.8 Å². The molecule has 1 aliphatic heterocycles. The highest BCUT2D eigenvalue weighted by atomic mass is 32.2. The number of ether oxygens (including phenoxy) is 2. The summed E-state index contributed by atoms with van der Waals surface area (Å²) in [6.45, 7) is 1.00. The van der Waals surface area contributed by atoms with Crippen LogP contribution in [0.5, 0.6) is 17.4 Å². The zero-order chi connectivity index (χ0) is 19.3. The fraction of sp³-hybridized carbons (Fsp3) is 0.211. The Labute approximate surface area is 165 Å². The maximum absolute atomic E-state index is 12.2. The average molecular weight is 399 g/mol. The van der Waals surface area contributed by atoms with Crippen molar-refractivity contribution in [3.8, 4) is 23.1 Å². The lowest BCUT2D eigenvalue weighted by Gasteiger charge is -2.18. The predicted octanol–water partition coefficient (Wildman–Crippen LogP) is 1.92. The number of carbonyl (C=O) groups is 1. The first kappa shape index (κ1) is 18.2. The van der Waals surface area contributed by atoms with Crippen molar-refractivity contribution in [3.05, 3.63) is 48.5 Å². The predicted molar refractivity (Wildman–Crippen MR) is 98.9 cm³/mol. The Balaban J connectivity index is 1.34. The van der Waals surface area contributed by atoms with Crippen LogP contribution in [-0.4, -0.2) is 30.1 Å². The van der Waals surface area contributed by atoms with Gasteiger partial charge in [-0.25, -0.2) is 0 Å². The molecular weight excluding hydrogens is 382 g/mol. The normalized spacial score (nSPS) is 12.6. The maximum atomic E-state index is 12.2. The highest BCUT2D eigenvalue weighted by Crippen LogP contribution is 2.32. The Kier molecular flexibility index (Phi) is 5.34. The first-order chi connectivity index (χ1) is 13.7. The van der Waals surface area contributed by atoms with Crippen molar-refractivity contribution in [2.45, 2.75) is 11.4 Å². The van der Waals surface area contributed by atoms with E-state index < -0.39 is 5.95 Å². The number of nitrogens with one attached hydrogen (secondary N) is 1. The van der Waals surface area contributed by atoms with Crippen molar-refractivity contribution in [2.75, 3.05) is 24.3 Å². The van der Waals surface area contributed by atoms with Gasteiger partial charge >= 0.3 is 0 Å². The molecule has 1 N–H and O–H groups in total. The van der Waals surface area contributed by atoms with E-state index in [4.69, 9.17) is 14.0 Å². The lowest BCUT2D eigenvalue weighted by atomic mass is 10.2. The molecule has 0 unspecified atom stereocenters. The van der Waals surface area contributed by atoms with Crippen LogP contribution >= 0.6 is 11.8 Å². The Hall–Kier alpha value is -3.20. The molecule has 0 spiro atoms. The molecule has 144 valence electrons. The second kappa shape index (κ2) is 8.22. The van der Waals surface area contributed by atoms with Gasteiger partial charge in [0.1, 0.15) is 13.2 Å². The minimum Gasteiger partial charge on any atom is -0.538 e. The summed E-state index contributed by atoms with van der Waals surface area (Å²) < 4.78 is 17.2. The lowest BCUT2D eigenvalue weighted by molar-refractivity contribution is -0.705. The summed E-state index contributed by atoms with van der Waals surface area (Å²) in [6.07, 6.45) is 0.221. The van der Waals surface area contributed by atoms with Gasteiger partial charge in [0.2, 0.25) is 11.6 Å². The molecule has 2 aromatic carbocycles. The van der Waals surface area contributed by atoms with Gasteiger partial charge in [-0.15, -0.1) is 0 Å². The van der Waals surface area contributed by atoms with E-state index in [2.05, 4.69) is 10.6 Å². The molecule has 9 heteroatoms. The van der Waals surface area contributed by atoms with E-state index in [-0.39, 0.29) is 12.3 Å². The number of amides is 1. The number of rotatable bonds is 6. The third-order valence-corrected chi connectivity index (χ3v) is 4.99. The molecule has 1 aromatic heterocycles. The van der Waals surface area contributed by atoms with Crippen molar-refractivity contribution < 1.29 is 28.6 Å². The van der Waals surface area contributed by atoms with Crippen LogP contribution in [0.25, 0.3) is 5.69 Å². The summed E-state index contributed by atoms with van der Waals surface area (Å²) in [5.41, 5.74) is 1.35. The molecule has 3 aromatic rings. The maximum Gasteiger partial charge on any atom is 0.297 e. The van der Waals surface area contributed by atoms with E-state index in [0.717, 1.165) is 5.69 Å². The van der Waals surface area contributed by atoms with E-state index in [1.165, 1.54) is 16.4 Å². The fourth-order valence-corrected chi connectivity index (χ4v) is 3.58. The van der Waals surface area contributed by atoms with Crippen molar-refractivity contribution in [2.24, 2.45) is 0 Å². The van der Waals surface area contributed by atoms with Crippen LogP contribution in [0.2, 0.25) is 0 Å². The smallest absolute Gasteiger partial charge is 0.297 e. The molecular formula is C19H17N3O5S. The number of para-hydroxylation sites is 1. The molecule has 1 amide bonds. The first-order valence-electron chi connectivity index (χ1n) is 8.67. The zero-order valence-corrected chi connectivity index (χ0v) is 15.6. The van der Waals surface area contributed by atoms with Crippen LogP contribution in [0.15, 0.2) is 58.1 Å². The average Bonchev–Trinajstić information content (AvgIpc) is 3.09. The molecule has 1 aliphatic rings. The van der Waals surface area contributed by atoms with Crippen molar-refractivity contribution in [1.29, 1.82) is 0 Å². The standard InChI is InChI=1S/C19H17N3O5S/c23-17(20-13-6-7-15-16(12-13)26-10-9-25-15)8-11-28-18-19(24)27-21-22(18)14-4-2-1-3-5-14/h1-7,12H,8-11H2,(H-,20,21,23,24). The summed E-state index contributed by atoms with van der Waals surface area (Å²) in [5, 5.41) is 18.8. The molecule has 0 bridgehead atoms. The molecule has 28 heavy (non-hydrogen) atoms. The molecule has 8 nitrogen and oxygen atoms in total. The summed E-state index contributed by atoms with van der Waals surface area (Å²) >= 11 is 1.23. The minimum absolute atomic E-state index is 0.167. The minimum atomic E-state index is -0.527. The van der Waals surface area contributed by atoms with Gasteiger partial charge in [-0.1, -0.05) is 30.0 Å². The highest BCUT2D eigenvalue weighted by Gasteiger charge is 2.21. The molecule has 0 aliphatic carbocycles. The Morgan fingerprint density at radius 3 is 2.75 bits per heavy atom. The number of hydrogen-bond donors (Lipinski definition) is 1. The van der Waals surface area contributed by atoms with Crippen molar-refractivity contribution >= 4 is 23.4 Å². The number of aromatic nitrogens is 2. The van der Waals surface area contributed by atoms with Crippen molar-refractivity contribution in [3.63, 3.8) is 0 Å². The highest BCUT2D eigenvalue weighted by molar-refractivity contribution is 7.99. The van der Waals surface area contributed by atoms with Crippen LogP contribution < -0.4 is 24.6 Å². The molecule has 0 saturated heterocycles. The summed E-state index contributed by atoms with van der Waals surface area (Å²) in [4.78, 5) is 12.2. The van der Waals surface area contributed by atoms with Crippen LogP contribution in [0.4, 0.5) is 5.69 Å². The summed E-state index contributed by atoms with van der Waals surface area (Å²) in [7, 11) is 0. The van der Waals surface area contributed by atoms with Gasteiger partial charge in [0.15, 0.2) is 17.4 Å². The first-order valence-corrected chi connectivity index (χ1v) is 9.66. The van der Waals surface area contributed by atoms with E-state index in [0.29, 0.717) is 41.2 Å². The summed E-state index contributed by atoms with van der Waals surface area (Å²) in [5.74, 6) is 0.989. The quantitative estimate of drug-likeness (QED) is 0.499. The van der Waals surface area contributed by atoms with Gasteiger partial charge in [-0.2, -0.15) is 0 Å². The van der Waals surface area contributed by atoms with Crippen LogP contribution in [-0.2, 0) is 4.79 Å². The van der Waals surface area contributed by atoms with Gasteiger partial charge < -0.3 is 24.4 Å². The monoisotopic (exact) mass is 399 g/mol. The fourth-order valence-electron chi connectivity index (χ4n) is 2.68. The zero-order valence-electron chi connectivity index (χ0n) is 14.8. The largest absolute Gasteiger partial charge is 0.538 e. The summed E-state index contributed by atoms with van der Waals surface area (Å²) in [6, 6.07) is 14.5. The van der Waals surface area contributed by atoms with Crippen molar-refractivity contribution in [1.82, 2.24) is 5.27 Å². The van der Waals surface area contributed by atoms with Gasteiger partial charge in [0.25, 0.3) is 5.03 Å². The second-order valence-corrected chi connectivity index (χ2v) is 7.00. The number of carbonyl (C=O) groups excluding carboxylic acids is 1. The number of nitrogens with zero attached hydrogens (tertiary/aromatic N) is 2. The number of hydrogen-bond acceptors (Lipinski definition) is 7.